The first-order chi connectivity index (χ1) is 13.4. The Bertz CT molecular complexity index is 1000. The molecule has 2 aromatic rings. The lowest BCUT2D eigenvalue weighted by atomic mass is 9.98. The van der Waals surface area contributed by atoms with E-state index >= 15 is 0 Å². The lowest BCUT2D eigenvalue weighted by molar-refractivity contribution is -0.137. The highest BCUT2D eigenvalue weighted by Gasteiger charge is 2.39. The third-order valence-electron chi connectivity index (χ3n) is 5.17. The Labute approximate surface area is 164 Å². The van der Waals surface area contributed by atoms with Gasteiger partial charge in [0.05, 0.1) is 23.7 Å². The molecule has 0 radical (unpaired) electrons. The molecular weight excluding hydrogens is 380 g/mol. The minimum absolute atomic E-state index is 0.0443. The summed E-state index contributed by atoms with van der Waals surface area (Å²) >= 11 is 0. The first kappa shape index (κ1) is 18.8. The Hall–Kier alpha value is -2.58. The van der Waals surface area contributed by atoms with E-state index in [2.05, 4.69) is 5.32 Å². The Morgan fingerprint density at radius 3 is 2.64 bits per heavy atom. The minimum Gasteiger partial charge on any atom is -0.497 e. The highest BCUT2D eigenvalue weighted by molar-refractivity contribution is 7.92. The summed E-state index contributed by atoms with van der Waals surface area (Å²) in [5, 5.41) is 2.93. The summed E-state index contributed by atoms with van der Waals surface area (Å²) < 4.78 is 39.4. The van der Waals surface area contributed by atoms with E-state index in [4.69, 9.17) is 9.47 Å². The maximum absolute atomic E-state index is 13.4. The Kier molecular flexibility index (Phi) is 4.76. The molecule has 28 heavy (non-hydrogen) atoms. The first-order valence-electron chi connectivity index (χ1n) is 9.08. The molecule has 1 fully saturated rings. The number of nitrogens with zero attached hydrogens (tertiary/aromatic N) is 1. The Morgan fingerprint density at radius 1 is 1.18 bits per heavy atom. The van der Waals surface area contributed by atoms with Crippen LogP contribution in [0.5, 0.6) is 5.75 Å². The van der Waals surface area contributed by atoms with Crippen molar-refractivity contribution in [3.05, 3.63) is 53.6 Å². The number of rotatable bonds is 3. The fourth-order valence-corrected chi connectivity index (χ4v) is 5.20. The second-order valence-corrected chi connectivity index (χ2v) is 8.87. The highest BCUT2D eigenvalue weighted by Crippen LogP contribution is 2.40. The molecule has 0 aliphatic carbocycles. The van der Waals surface area contributed by atoms with Gasteiger partial charge in [-0.3, -0.25) is 9.10 Å². The number of aryl methyl sites for hydroxylation is 1. The molecule has 148 valence electrons. The molecule has 0 bridgehead atoms. The van der Waals surface area contributed by atoms with Crippen molar-refractivity contribution < 1.29 is 22.7 Å². The molecule has 7 nitrogen and oxygen atoms in total. The number of carbonyl (C=O) groups is 1. The Balaban J connectivity index is 1.84. The van der Waals surface area contributed by atoms with Crippen LogP contribution in [0.25, 0.3) is 0 Å². The summed E-state index contributed by atoms with van der Waals surface area (Å²) in [7, 11) is -2.25. The van der Waals surface area contributed by atoms with Gasteiger partial charge in [-0.25, -0.2) is 8.42 Å². The van der Waals surface area contributed by atoms with E-state index in [0.717, 1.165) is 11.1 Å². The molecule has 4 rings (SSSR count). The van der Waals surface area contributed by atoms with Crippen LogP contribution in [0, 0.1) is 6.92 Å². The number of hydrogen-bond donors (Lipinski definition) is 1. The van der Waals surface area contributed by atoms with E-state index in [0.29, 0.717) is 17.9 Å². The molecule has 0 saturated carbocycles. The third kappa shape index (κ3) is 3.22. The number of hydrogen-bond acceptors (Lipinski definition) is 5. The fraction of sp³-hybridized carbons (Fsp3) is 0.350. The van der Waals surface area contributed by atoms with Crippen molar-refractivity contribution in [2.45, 2.75) is 30.4 Å². The summed E-state index contributed by atoms with van der Waals surface area (Å²) in [6, 6.07) is 11.8. The average molecular weight is 402 g/mol. The van der Waals surface area contributed by atoms with Crippen LogP contribution in [0.1, 0.15) is 23.7 Å². The topological polar surface area (TPSA) is 84.9 Å². The van der Waals surface area contributed by atoms with Crippen LogP contribution in [0.15, 0.2) is 47.4 Å². The summed E-state index contributed by atoms with van der Waals surface area (Å²) in [5.41, 5.74) is 2.22. The molecule has 2 aromatic carbocycles. The number of carbonyl (C=O) groups excluding carboxylic acids is 1. The number of fused-ring (bicyclic) bond motifs is 3. The number of ether oxygens (including phenoxy) is 2. The predicted octanol–water partition coefficient (Wildman–Crippen LogP) is 2.16. The van der Waals surface area contributed by atoms with Gasteiger partial charge in [0.2, 0.25) is 5.91 Å². The molecule has 0 spiro atoms. The van der Waals surface area contributed by atoms with Crippen molar-refractivity contribution in [2.75, 3.05) is 24.6 Å². The number of morpholine rings is 1. The zero-order valence-electron chi connectivity index (χ0n) is 15.7. The normalized spacial score (nSPS) is 21.9. The number of methoxy groups -OCH3 is 1. The van der Waals surface area contributed by atoms with E-state index in [-0.39, 0.29) is 30.0 Å². The van der Waals surface area contributed by atoms with Gasteiger partial charge in [-0.2, -0.15) is 0 Å². The van der Waals surface area contributed by atoms with E-state index in [1.807, 2.05) is 13.0 Å². The second-order valence-electron chi connectivity index (χ2n) is 7.01. The third-order valence-corrected chi connectivity index (χ3v) is 7.00. The van der Waals surface area contributed by atoms with Gasteiger partial charge in [-0.15, -0.1) is 0 Å². The first-order valence-corrected chi connectivity index (χ1v) is 10.5. The maximum Gasteiger partial charge on any atom is 0.264 e. The fourth-order valence-electron chi connectivity index (χ4n) is 3.71. The van der Waals surface area contributed by atoms with Crippen molar-refractivity contribution >= 4 is 21.6 Å². The standard InChI is InChI=1S/C20H22N2O5S/c1-13-3-6-15(7-4-13)28(24,25)22-10-9-17-20(27-12-19(23)21-17)16-8-5-14(26-2)11-18(16)22/h3-8,11,17,20H,9-10,12H2,1-2H3,(H,21,23)/t17-,20+/m0/s1. The summed E-state index contributed by atoms with van der Waals surface area (Å²) in [6.45, 7) is 2.09. The molecule has 1 saturated heterocycles. The van der Waals surface area contributed by atoms with Gasteiger partial charge in [0.15, 0.2) is 0 Å². The van der Waals surface area contributed by atoms with Gasteiger partial charge in [-0.05, 0) is 31.5 Å². The molecule has 2 atom stereocenters. The highest BCUT2D eigenvalue weighted by atomic mass is 32.2. The van der Waals surface area contributed by atoms with Crippen LogP contribution < -0.4 is 14.4 Å². The molecular formula is C20H22N2O5S. The van der Waals surface area contributed by atoms with Gasteiger partial charge in [-0.1, -0.05) is 23.8 Å². The van der Waals surface area contributed by atoms with Crippen molar-refractivity contribution in [3.8, 4) is 5.75 Å². The van der Waals surface area contributed by atoms with E-state index < -0.39 is 16.1 Å². The predicted molar refractivity (Wildman–Crippen MR) is 104 cm³/mol. The monoisotopic (exact) mass is 402 g/mol. The zero-order chi connectivity index (χ0) is 19.9. The van der Waals surface area contributed by atoms with Gasteiger partial charge >= 0.3 is 0 Å². The van der Waals surface area contributed by atoms with Gasteiger partial charge in [0.1, 0.15) is 18.5 Å². The van der Waals surface area contributed by atoms with Gasteiger partial charge in [0, 0.05) is 18.2 Å². The SMILES string of the molecule is COc1ccc2c(c1)N(S(=O)(=O)c1ccc(C)cc1)CC[C@@H]1NC(=O)CO[C@H]21. The molecule has 0 aromatic heterocycles. The minimum atomic E-state index is -3.79. The number of amides is 1. The number of anilines is 1. The van der Waals surface area contributed by atoms with Crippen LogP contribution in [0.2, 0.25) is 0 Å². The van der Waals surface area contributed by atoms with Crippen LogP contribution in [0.3, 0.4) is 0 Å². The van der Waals surface area contributed by atoms with Crippen molar-refractivity contribution in [1.29, 1.82) is 0 Å². The molecule has 8 heteroatoms. The largest absolute Gasteiger partial charge is 0.497 e. The van der Waals surface area contributed by atoms with E-state index in [1.54, 1.807) is 36.4 Å². The van der Waals surface area contributed by atoms with Crippen molar-refractivity contribution in [2.24, 2.45) is 0 Å². The second kappa shape index (κ2) is 7.10. The van der Waals surface area contributed by atoms with Crippen LogP contribution in [-0.4, -0.2) is 40.6 Å². The molecule has 0 unspecified atom stereocenters. The Morgan fingerprint density at radius 2 is 1.93 bits per heavy atom. The summed E-state index contributed by atoms with van der Waals surface area (Å²) in [4.78, 5) is 12.0. The van der Waals surface area contributed by atoms with E-state index in [9.17, 15) is 13.2 Å². The van der Waals surface area contributed by atoms with Crippen LogP contribution >= 0.6 is 0 Å². The van der Waals surface area contributed by atoms with Crippen LogP contribution in [-0.2, 0) is 19.6 Å². The molecule has 2 aliphatic rings. The zero-order valence-corrected chi connectivity index (χ0v) is 16.5. The van der Waals surface area contributed by atoms with Crippen LogP contribution in [0.4, 0.5) is 5.69 Å². The van der Waals surface area contributed by atoms with Crippen molar-refractivity contribution in [3.63, 3.8) is 0 Å². The summed E-state index contributed by atoms with van der Waals surface area (Å²) in [6.07, 6.45) is 0.0372. The smallest absolute Gasteiger partial charge is 0.264 e. The lowest BCUT2D eigenvalue weighted by Crippen LogP contribution is -2.47. The lowest BCUT2D eigenvalue weighted by Gasteiger charge is -2.31. The number of sulfonamides is 1. The van der Waals surface area contributed by atoms with Gasteiger partial charge < -0.3 is 14.8 Å². The molecule has 1 amide bonds. The van der Waals surface area contributed by atoms with E-state index in [1.165, 1.54) is 11.4 Å². The summed E-state index contributed by atoms with van der Waals surface area (Å²) in [5.74, 6) is 0.368. The number of nitrogens with one attached hydrogen (secondary N) is 1. The quantitative estimate of drug-likeness (QED) is 0.850. The van der Waals surface area contributed by atoms with Crippen molar-refractivity contribution in [1.82, 2.24) is 5.32 Å². The average Bonchev–Trinajstić information content (AvgIpc) is 2.84. The molecule has 1 N–H and O–H groups in total. The van der Waals surface area contributed by atoms with Gasteiger partial charge in [0.25, 0.3) is 10.0 Å². The molecule has 2 heterocycles. The molecule has 2 aliphatic heterocycles. The number of benzene rings is 2. The maximum atomic E-state index is 13.4.